The number of amides is 1. The quantitative estimate of drug-likeness (QED) is 0.290. The normalized spacial score (nSPS) is 10.9. The van der Waals surface area contributed by atoms with Crippen molar-refractivity contribution in [3.8, 4) is 17.0 Å². The summed E-state index contributed by atoms with van der Waals surface area (Å²) in [5.74, 6) is 1.49. The molecule has 4 rings (SSSR count). The number of carbonyl (C=O) groups excluding carboxylic acids is 1. The Morgan fingerprint density at radius 2 is 1.94 bits per heavy atom. The molecule has 33 heavy (non-hydrogen) atoms. The van der Waals surface area contributed by atoms with Gasteiger partial charge < -0.3 is 14.6 Å². The van der Waals surface area contributed by atoms with Crippen molar-refractivity contribution >= 4 is 50.1 Å². The third-order valence-corrected chi connectivity index (χ3v) is 7.30. The summed E-state index contributed by atoms with van der Waals surface area (Å²) in [7, 11) is 1.86. The fraction of sp³-hybridized carbons (Fsp3) is 0.217. The molecule has 1 amide bonds. The molecule has 0 unspecified atom stereocenters. The summed E-state index contributed by atoms with van der Waals surface area (Å²) in [5, 5.41) is 14.4. The number of thioether (sulfide) groups is 1. The molecule has 10 heteroatoms. The molecule has 7 nitrogen and oxygen atoms in total. The Morgan fingerprint density at radius 3 is 2.70 bits per heavy atom. The van der Waals surface area contributed by atoms with Gasteiger partial charge in [-0.2, -0.15) is 0 Å². The number of carbonyl (C=O) groups is 1. The maximum Gasteiger partial charge on any atom is 0.236 e. The Balaban J connectivity index is 1.30. The van der Waals surface area contributed by atoms with E-state index in [-0.39, 0.29) is 18.3 Å². The number of aryl methyl sites for hydroxylation is 2. The van der Waals surface area contributed by atoms with E-state index < -0.39 is 0 Å². The van der Waals surface area contributed by atoms with E-state index in [1.54, 1.807) is 0 Å². The van der Waals surface area contributed by atoms with Crippen LogP contribution in [0, 0.1) is 13.8 Å². The summed E-state index contributed by atoms with van der Waals surface area (Å²) < 4.78 is 8.58. The second-order valence-electron chi connectivity index (χ2n) is 7.37. The van der Waals surface area contributed by atoms with Gasteiger partial charge in [0.05, 0.1) is 11.4 Å². The fourth-order valence-electron chi connectivity index (χ4n) is 2.93. The minimum atomic E-state index is -0.142. The summed E-state index contributed by atoms with van der Waals surface area (Å²) in [4.78, 5) is 17.0. The Morgan fingerprint density at radius 1 is 1.15 bits per heavy atom. The fourth-order valence-corrected chi connectivity index (χ4v) is 4.66. The molecule has 2 aromatic carbocycles. The zero-order valence-corrected chi connectivity index (χ0v) is 21.6. The first-order valence-electron chi connectivity index (χ1n) is 10.1. The van der Waals surface area contributed by atoms with Crippen LogP contribution in [0.25, 0.3) is 11.3 Å². The second kappa shape index (κ2) is 10.5. The van der Waals surface area contributed by atoms with Gasteiger partial charge in [-0.15, -0.1) is 21.5 Å². The van der Waals surface area contributed by atoms with Crippen LogP contribution in [0.15, 0.2) is 57.5 Å². The maximum atomic E-state index is 12.4. The highest BCUT2D eigenvalue weighted by molar-refractivity contribution is 9.10. The van der Waals surface area contributed by atoms with Crippen LogP contribution in [0.2, 0.25) is 0 Å². The molecule has 0 aliphatic carbocycles. The van der Waals surface area contributed by atoms with Gasteiger partial charge in [-0.3, -0.25) is 4.79 Å². The molecule has 2 heterocycles. The lowest BCUT2D eigenvalue weighted by Crippen LogP contribution is -2.14. The molecule has 0 atom stereocenters. The Kier molecular flexibility index (Phi) is 7.46. The van der Waals surface area contributed by atoms with Crippen LogP contribution in [0.4, 0.5) is 5.13 Å². The van der Waals surface area contributed by atoms with Crippen molar-refractivity contribution in [2.75, 3.05) is 11.1 Å². The van der Waals surface area contributed by atoms with Crippen molar-refractivity contribution in [1.82, 2.24) is 19.7 Å². The Labute approximate surface area is 208 Å². The number of nitrogens with zero attached hydrogens (tertiary/aromatic N) is 4. The average Bonchev–Trinajstić information content (AvgIpc) is 3.40. The number of benzene rings is 2. The smallest absolute Gasteiger partial charge is 0.236 e. The first-order valence-corrected chi connectivity index (χ1v) is 12.8. The monoisotopic (exact) mass is 543 g/mol. The van der Waals surface area contributed by atoms with Gasteiger partial charge in [-0.25, -0.2) is 4.98 Å². The molecular formula is C23H22BrN5O2S2. The van der Waals surface area contributed by atoms with Gasteiger partial charge in [-0.05, 0) is 55.3 Å². The summed E-state index contributed by atoms with van der Waals surface area (Å²) in [6.45, 7) is 4.45. The number of hydrogen-bond donors (Lipinski definition) is 1. The van der Waals surface area contributed by atoms with Gasteiger partial charge in [0.25, 0.3) is 0 Å². The van der Waals surface area contributed by atoms with E-state index >= 15 is 0 Å². The third kappa shape index (κ3) is 6.01. The number of anilines is 1. The van der Waals surface area contributed by atoms with Crippen LogP contribution >= 0.6 is 39.0 Å². The van der Waals surface area contributed by atoms with E-state index in [4.69, 9.17) is 4.74 Å². The summed E-state index contributed by atoms with van der Waals surface area (Å²) in [5.41, 5.74) is 4.36. The van der Waals surface area contributed by atoms with Crippen molar-refractivity contribution in [1.29, 1.82) is 0 Å². The van der Waals surface area contributed by atoms with Crippen molar-refractivity contribution in [2.45, 2.75) is 25.6 Å². The van der Waals surface area contributed by atoms with Gasteiger partial charge in [0.1, 0.15) is 12.4 Å². The molecule has 2 aromatic heterocycles. The van der Waals surface area contributed by atoms with Crippen LogP contribution in [0.3, 0.4) is 0 Å². The van der Waals surface area contributed by atoms with Gasteiger partial charge >= 0.3 is 0 Å². The van der Waals surface area contributed by atoms with E-state index in [0.717, 1.165) is 21.5 Å². The average molecular weight is 545 g/mol. The van der Waals surface area contributed by atoms with Crippen molar-refractivity contribution < 1.29 is 9.53 Å². The Hall–Kier alpha value is -2.69. The first kappa shape index (κ1) is 23.5. The third-order valence-electron chi connectivity index (χ3n) is 4.99. The van der Waals surface area contributed by atoms with Crippen LogP contribution in [0.5, 0.6) is 5.75 Å². The molecule has 170 valence electrons. The molecular weight excluding hydrogens is 522 g/mol. The molecule has 0 spiro atoms. The topological polar surface area (TPSA) is 81.9 Å². The van der Waals surface area contributed by atoms with Crippen LogP contribution in [-0.4, -0.2) is 31.4 Å². The van der Waals surface area contributed by atoms with Crippen molar-refractivity contribution in [2.24, 2.45) is 7.05 Å². The standard InChI is InChI=1S/C23H22BrN5O2S2/c1-14-4-5-16(10-15(14)2)19-12-32-22(25-19)26-21(30)13-33-23-28-27-20(29(23)3)11-31-18-8-6-17(24)7-9-18/h4-10,12H,11,13H2,1-3H3,(H,25,26,30). The molecule has 0 saturated heterocycles. The highest BCUT2D eigenvalue weighted by Gasteiger charge is 2.14. The van der Waals surface area contributed by atoms with Crippen LogP contribution < -0.4 is 10.1 Å². The van der Waals surface area contributed by atoms with Crippen molar-refractivity contribution in [3.63, 3.8) is 0 Å². The molecule has 0 aliphatic heterocycles. The number of nitrogens with one attached hydrogen (secondary N) is 1. The highest BCUT2D eigenvalue weighted by atomic mass is 79.9. The largest absolute Gasteiger partial charge is 0.486 e. The predicted octanol–water partition coefficient (Wildman–Crippen LogP) is 5.63. The maximum absolute atomic E-state index is 12.4. The lowest BCUT2D eigenvalue weighted by Gasteiger charge is -2.06. The lowest BCUT2D eigenvalue weighted by molar-refractivity contribution is -0.113. The van der Waals surface area contributed by atoms with Gasteiger partial charge in [-0.1, -0.05) is 39.8 Å². The lowest BCUT2D eigenvalue weighted by atomic mass is 10.1. The van der Waals surface area contributed by atoms with Crippen LogP contribution in [-0.2, 0) is 18.4 Å². The summed E-state index contributed by atoms with van der Waals surface area (Å²) in [6.07, 6.45) is 0. The molecule has 0 saturated carbocycles. The van der Waals surface area contributed by atoms with E-state index in [1.807, 2.05) is 47.3 Å². The second-order valence-corrected chi connectivity index (χ2v) is 10.1. The summed E-state index contributed by atoms with van der Waals surface area (Å²) >= 11 is 6.13. The number of aromatic nitrogens is 4. The number of ether oxygens (including phenoxy) is 1. The minimum absolute atomic E-state index is 0.142. The van der Waals surface area contributed by atoms with E-state index in [1.165, 1.54) is 34.2 Å². The van der Waals surface area contributed by atoms with E-state index in [2.05, 4.69) is 62.4 Å². The number of thiazole rings is 1. The molecule has 0 bridgehead atoms. The Bertz CT molecular complexity index is 1270. The molecule has 0 aliphatic rings. The molecule has 4 aromatic rings. The van der Waals surface area contributed by atoms with Crippen molar-refractivity contribution in [3.05, 3.63) is 69.3 Å². The highest BCUT2D eigenvalue weighted by Crippen LogP contribution is 2.27. The predicted molar refractivity (Wildman–Crippen MR) is 136 cm³/mol. The zero-order valence-electron chi connectivity index (χ0n) is 18.3. The number of hydrogen-bond acceptors (Lipinski definition) is 7. The SMILES string of the molecule is Cc1ccc(-c2csc(NC(=O)CSc3nnc(COc4ccc(Br)cc4)n3C)n2)cc1C. The van der Waals surface area contributed by atoms with Gasteiger partial charge in [0.2, 0.25) is 5.91 Å². The number of halogens is 1. The molecule has 0 fully saturated rings. The van der Waals surface area contributed by atoms with Crippen LogP contribution in [0.1, 0.15) is 17.0 Å². The summed E-state index contributed by atoms with van der Waals surface area (Å²) in [6, 6.07) is 13.8. The van der Waals surface area contributed by atoms with Gasteiger partial charge in [0, 0.05) is 22.5 Å². The minimum Gasteiger partial charge on any atom is -0.486 e. The van der Waals surface area contributed by atoms with Gasteiger partial charge in [0.15, 0.2) is 16.1 Å². The van der Waals surface area contributed by atoms with E-state index in [0.29, 0.717) is 16.1 Å². The van der Waals surface area contributed by atoms with E-state index in [9.17, 15) is 4.79 Å². The molecule has 1 N–H and O–H groups in total. The first-order chi connectivity index (χ1) is 15.9. The molecule has 0 radical (unpaired) electrons. The number of rotatable bonds is 8. The zero-order chi connectivity index (χ0) is 23.4.